The third-order valence-corrected chi connectivity index (χ3v) is 5.51. The Hall–Kier alpha value is -1.39. The maximum atomic E-state index is 12.5. The molecule has 1 saturated heterocycles. The molecule has 1 aromatic rings. The van der Waals surface area contributed by atoms with E-state index in [0.29, 0.717) is 5.92 Å². The minimum absolute atomic E-state index is 0.0305. The second-order valence-electron chi connectivity index (χ2n) is 7.45. The number of carbonyl (C=O) groups excluding carboxylic acids is 1. The number of amides is 1. The Balaban J connectivity index is 1.56. The Morgan fingerprint density at radius 2 is 1.83 bits per heavy atom. The van der Waals surface area contributed by atoms with Gasteiger partial charge in [-0.05, 0) is 62.4 Å². The first-order chi connectivity index (χ1) is 11.7. The second-order valence-corrected chi connectivity index (χ2v) is 7.45. The van der Waals surface area contributed by atoms with Gasteiger partial charge in [0.05, 0.1) is 6.04 Å². The van der Waals surface area contributed by atoms with Crippen molar-refractivity contribution in [1.29, 1.82) is 0 Å². The number of hydrogen-bond donors (Lipinski definition) is 2. The molecule has 2 aliphatic rings. The van der Waals surface area contributed by atoms with Crippen molar-refractivity contribution < 1.29 is 4.79 Å². The topological polar surface area (TPSA) is 58.4 Å². The lowest BCUT2D eigenvalue weighted by Gasteiger charge is -2.27. The number of anilines is 1. The number of nitrogens with two attached hydrogens (primary N) is 1. The van der Waals surface area contributed by atoms with Gasteiger partial charge in [0.25, 0.3) is 0 Å². The van der Waals surface area contributed by atoms with Crippen LogP contribution >= 0.6 is 0 Å². The Labute approximate surface area is 145 Å². The molecule has 0 spiro atoms. The zero-order chi connectivity index (χ0) is 16.8. The number of nitrogens with zero attached hydrogens (tertiary/aromatic N) is 1. The molecule has 4 nitrogen and oxygen atoms in total. The highest BCUT2D eigenvalue weighted by molar-refractivity contribution is 5.94. The maximum Gasteiger partial charge on any atom is 0.241 e. The smallest absolute Gasteiger partial charge is 0.241 e. The van der Waals surface area contributed by atoms with Crippen LogP contribution in [0.1, 0.15) is 56.9 Å². The first kappa shape index (κ1) is 17.4. The monoisotopic (exact) mass is 329 g/mol. The second kappa shape index (κ2) is 8.63. The molecule has 1 saturated carbocycles. The highest BCUT2D eigenvalue weighted by Gasteiger charge is 2.26. The average Bonchev–Trinajstić information content (AvgIpc) is 2.63. The highest BCUT2D eigenvalue weighted by atomic mass is 16.2. The van der Waals surface area contributed by atoms with E-state index in [-0.39, 0.29) is 11.9 Å². The van der Waals surface area contributed by atoms with Crippen molar-refractivity contribution in [1.82, 2.24) is 4.90 Å². The zero-order valence-electron chi connectivity index (χ0n) is 14.7. The lowest BCUT2D eigenvalue weighted by Crippen LogP contribution is -2.42. The van der Waals surface area contributed by atoms with E-state index < -0.39 is 0 Å². The van der Waals surface area contributed by atoms with Crippen LogP contribution in [0.25, 0.3) is 0 Å². The molecule has 0 radical (unpaired) electrons. The molecule has 0 unspecified atom stereocenters. The van der Waals surface area contributed by atoms with E-state index >= 15 is 0 Å². The molecular formula is C20H31N3O. The number of piperidine rings is 1. The van der Waals surface area contributed by atoms with E-state index in [1.54, 1.807) is 0 Å². The molecule has 1 aliphatic carbocycles. The fourth-order valence-electron chi connectivity index (χ4n) is 4.06. The summed E-state index contributed by atoms with van der Waals surface area (Å²) in [7, 11) is 0. The van der Waals surface area contributed by atoms with Crippen LogP contribution < -0.4 is 11.1 Å². The van der Waals surface area contributed by atoms with Crippen molar-refractivity contribution >= 4 is 11.6 Å². The molecule has 1 aromatic carbocycles. The largest absolute Gasteiger partial charge is 0.325 e. The Morgan fingerprint density at radius 3 is 2.58 bits per heavy atom. The third-order valence-electron chi connectivity index (χ3n) is 5.51. The van der Waals surface area contributed by atoms with Crippen LogP contribution in [0.2, 0.25) is 0 Å². The average molecular weight is 329 g/mol. The van der Waals surface area contributed by atoms with Crippen molar-refractivity contribution in [2.75, 3.05) is 18.4 Å². The van der Waals surface area contributed by atoms with E-state index in [0.717, 1.165) is 25.1 Å². The van der Waals surface area contributed by atoms with E-state index in [9.17, 15) is 4.79 Å². The number of benzene rings is 1. The molecule has 0 aromatic heterocycles. The summed E-state index contributed by atoms with van der Waals surface area (Å²) in [5.41, 5.74) is 8.35. The minimum Gasteiger partial charge on any atom is -0.325 e. The van der Waals surface area contributed by atoms with Gasteiger partial charge in [-0.3, -0.25) is 9.69 Å². The Bertz CT molecular complexity index is 533. The summed E-state index contributed by atoms with van der Waals surface area (Å²) >= 11 is 0. The SMILES string of the molecule is N[C@H](C(=O)Nc1cccc(CN2CCCCC2)c1)C1CCCCC1. The molecule has 1 amide bonds. The van der Waals surface area contributed by atoms with Gasteiger partial charge < -0.3 is 11.1 Å². The number of rotatable bonds is 5. The van der Waals surface area contributed by atoms with Crippen molar-refractivity contribution in [3.05, 3.63) is 29.8 Å². The number of carbonyl (C=O) groups is 1. The molecular weight excluding hydrogens is 298 g/mol. The van der Waals surface area contributed by atoms with E-state index in [1.165, 1.54) is 57.2 Å². The van der Waals surface area contributed by atoms with Gasteiger partial charge in [0.2, 0.25) is 5.91 Å². The number of hydrogen-bond acceptors (Lipinski definition) is 3. The Kier molecular flexibility index (Phi) is 6.27. The van der Waals surface area contributed by atoms with Crippen molar-refractivity contribution in [3.63, 3.8) is 0 Å². The molecule has 3 N–H and O–H groups in total. The van der Waals surface area contributed by atoms with Crippen molar-refractivity contribution in [2.45, 2.75) is 64.0 Å². The van der Waals surface area contributed by atoms with Crippen LogP contribution in [0.4, 0.5) is 5.69 Å². The van der Waals surface area contributed by atoms with Crippen LogP contribution in [0.15, 0.2) is 24.3 Å². The molecule has 132 valence electrons. The molecule has 3 rings (SSSR count). The van der Waals surface area contributed by atoms with Crippen molar-refractivity contribution in [2.24, 2.45) is 11.7 Å². The van der Waals surface area contributed by atoms with Gasteiger partial charge >= 0.3 is 0 Å². The van der Waals surface area contributed by atoms with Gasteiger partial charge in [-0.1, -0.05) is 37.8 Å². The summed E-state index contributed by atoms with van der Waals surface area (Å²) < 4.78 is 0. The predicted molar refractivity (Wildman–Crippen MR) is 98.8 cm³/mol. The summed E-state index contributed by atoms with van der Waals surface area (Å²) in [5, 5.41) is 3.03. The summed E-state index contributed by atoms with van der Waals surface area (Å²) in [6.07, 6.45) is 9.81. The molecule has 1 heterocycles. The van der Waals surface area contributed by atoms with Gasteiger partial charge in [-0.25, -0.2) is 0 Å². The van der Waals surface area contributed by atoms with Gasteiger partial charge in [0.1, 0.15) is 0 Å². The molecule has 2 fully saturated rings. The van der Waals surface area contributed by atoms with Gasteiger partial charge in [-0.15, -0.1) is 0 Å². The molecule has 4 heteroatoms. The van der Waals surface area contributed by atoms with Gasteiger partial charge in [0.15, 0.2) is 0 Å². The fourth-order valence-corrected chi connectivity index (χ4v) is 4.06. The Morgan fingerprint density at radius 1 is 1.12 bits per heavy atom. The first-order valence-electron chi connectivity index (χ1n) is 9.60. The first-order valence-corrected chi connectivity index (χ1v) is 9.60. The fraction of sp³-hybridized carbons (Fsp3) is 0.650. The zero-order valence-corrected chi connectivity index (χ0v) is 14.7. The predicted octanol–water partition coefficient (Wildman–Crippen LogP) is 3.52. The molecule has 1 aliphatic heterocycles. The van der Waals surface area contributed by atoms with Gasteiger partial charge in [-0.2, -0.15) is 0 Å². The van der Waals surface area contributed by atoms with E-state index in [1.807, 2.05) is 12.1 Å². The summed E-state index contributed by atoms with van der Waals surface area (Å²) in [4.78, 5) is 15.0. The quantitative estimate of drug-likeness (QED) is 0.869. The number of nitrogens with one attached hydrogen (secondary N) is 1. The lowest BCUT2D eigenvalue weighted by molar-refractivity contribution is -0.118. The standard InChI is InChI=1S/C20H31N3O/c21-19(17-9-3-1-4-10-17)20(24)22-18-11-7-8-16(14-18)15-23-12-5-2-6-13-23/h7-8,11,14,17,19H,1-6,9-10,12-13,15,21H2,(H,22,24)/t19-/m0/s1. The van der Waals surface area contributed by atoms with Gasteiger partial charge in [0, 0.05) is 12.2 Å². The van der Waals surface area contributed by atoms with Crippen LogP contribution in [0, 0.1) is 5.92 Å². The van der Waals surface area contributed by atoms with E-state index in [4.69, 9.17) is 5.73 Å². The van der Waals surface area contributed by atoms with Crippen LogP contribution in [0.5, 0.6) is 0 Å². The maximum absolute atomic E-state index is 12.5. The summed E-state index contributed by atoms with van der Waals surface area (Å²) in [6.45, 7) is 3.34. The van der Waals surface area contributed by atoms with Crippen molar-refractivity contribution in [3.8, 4) is 0 Å². The highest BCUT2D eigenvalue weighted by Crippen LogP contribution is 2.26. The number of likely N-dealkylation sites (tertiary alicyclic amines) is 1. The van der Waals surface area contributed by atoms with E-state index in [2.05, 4.69) is 22.3 Å². The third kappa shape index (κ3) is 4.81. The molecule has 1 atom stereocenters. The van der Waals surface area contributed by atoms with Crippen LogP contribution in [-0.4, -0.2) is 29.9 Å². The van der Waals surface area contributed by atoms with Crippen LogP contribution in [0.3, 0.4) is 0 Å². The summed E-state index contributed by atoms with van der Waals surface area (Å²) in [5.74, 6) is 0.312. The lowest BCUT2D eigenvalue weighted by atomic mass is 9.84. The molecule has 0 bridgehead atoms. The normalized spacial score (nSPS) is 21.4. The van der Waals surface area contributed by atoms with Crippen LogP contribution in [-0.2, 0) is 11.3 Å². The summed E-state index contributed by atoms with van der Waals surface area (Å²) in [6, 6.07) is 7.86. The minimum atomic E-state index is -0.379. The molecule has 24 heavy (non-hydrogen) atoms.